The summed E-state index contributed by atoms with van der Waals surface area (Å²) in [5.41, 5.74) is 1.96. The van der Waals surface area contributed by atoms with Crippen LogP contribution in [-0.2, 0) is 19.2 Å². The van der Waals surface area contributed by atoms with Crippen molar-refractivity contribution in [1.29, 1.82) is 0 Å². The highest BCUT2D eigenvalue weighted by Crippen LogP contribution is 2.38. The molecule has 0 aliphatic carbocycles. The Balaban J connectivity index is 1.72. The first kappa shape index (κ1) is 17.4. The summed E-state index contributed by atoms with van der Waals surface area (Å²) in [5.74, 6) is 3.36. The maximum absolute atomic E-state index is 13.2. The first-order valence-corrected chi connectivity index (χ1v) is 10.6. The van der Waals surface area contributed by atoms with Gasteiger partial charge in [-0.3, -0.25) is 10.1 Å². The van der Waals surface area contributed by atoms with Gasteiger partial charge in [-0.05, 0) is 29.9 Å². The fourth-order valence-electron chi connectivity index (χ4n) is 3.03. The van der Waals surface area contributed by atoms with Gasteiger partial charge in [-0.1, -0.05) is 13.8 Å². The Morgan fingerprint density at radius 3 is 2.77 bits per heavy atom. The molecule has 0 saturated carbocycles. The predicted octanol–water partition coefficient (Wildman–Crippen LogP) is 3.83. The molecule has 8 heteroatoms. The third kappa shape index (κ3) is 3.07. The summed E-state index contributed by atoms with van der Waals surface area (Å²) in [5, 5.41) is 8.34. The Morgan fingerprint density at radius 2 is 2.08 bits per heavy atom. The van der Waals surface area contributed by atoms with Gasteiger partial charge in [-0.2, -0.15) is 21.8 Å². The Kier molecular flexibility index (Phi) is 4.62. The summed E-state index contributed by atoms with van der Waals surface area (Å²) in [4.78, 5) is 19.0. The molecule has 0 saturated heterocycles. The smallest absolute Gasteiger partial charge is 0.261 e. The molecule has 4 heterocycles. The summed E-state index contributed by atoms with van der Waals surface area (Å²) in [6.07, 6.45) is 4.90. The standard InChI is InChI=1S/C18H21N5OS2/c1-11(2)15-19-18(22(3)21-15)20-16(24)14-12-6-9-25-10-13(12)26-17(14)23-7-4-5-8-23/h4-5,7-8,11H,6,9-10H2,1-3H3,(H,19,20,21,24). The number of aryl methyl sites for hydroxylation is 1. The molecule has 26 heavy (non-hydrogen) atoms. The number of fused-ring (bicyclic) bond motifs is 1. The van der Waals surface area contributed by atoms with Gasteiger partial charge in [0.25, 0.3) is 5.91 Å². The fraction of sp³-hybridized carbons (Fsp3) is 0.389. The molecule has 6 nitrogen and oxygen atoms in total. The topological polar surface area (TPSA) is 64.7 Å². The molecule has 1 aliphatic rings. The highest BCUT2D eigenvalue weighted by molar-refractivity contribution is 7.98. The molecule has 1 aliphatic heterocycles. The number of amides is 1. The minimum atomic E-state index is -0.107. The minimum absolute atomic E-state index is 0.107. The van der Waals surface area contributed by atoms with Crippen LogP contribution in [0.2, 0.25) is 0 Å². The Labute approximate surface area is 160 Å². The second-order valence-corrected chi connectivity index (χ2v) is 8.79. The molecule has 0 spiro atoms. The highest BCUT2D eigenvalue weighted by Gasteiger charge is 2.27. The number of hydrogen-bond donors (Lipinski definition) is 1. The van der Waals surface area contributed by atoms with E-state index in [4.69, 9.17) is 0 Å². The lowest BCUT2D eigenvalue weighted by Crippen LogP contribution is -2.19. The summed E-state index contributed by atoms with van der Waals surface area (Å²) in [6, 6.07) is 3.96. The van der Waals surface area contributed by atoms with Gasteiger partial charge >= 0.3 is 0 Å². The SMILES string of the molecule is CC(C)c1nc(NC(=O)c2c(-n3cccc3)sc3c2CCSC3)n(C)n1. The van der Waals surface area contributed by atoms with Gasteiger partial charge < -0.3 is 4.57 Å². The normalized spacial score (nSPS) is 13.8. The number of carbonyl (C=O) groups excluding carboxylic acids is 1. The van der Waals surface area contributed by atoms with E-state index in [1.165, 1.54) is 10.4 Å². The van der Waals surface area contributed by atoms with Crippen molar-refractivity contribution >= 4 is 35.0 Å². The quantitative estimate of drug-likeness (QED) is 0.739. The van der Waals surface area contributed by atoms with E-state index in [1.54, 1.807) is 23.1 Å². The lowest BCUT2D eigenvalue weighted by atomic mass is 10.1. The van der Waals surface area contributed by atoms with E-state index in [1.807, 2.05) is 54.7 Å². The zero-order chi connectivity index (χ0) is 18.3. The number of aromatic nitrogens is 4. The maximum atomic E-state index is 13.2. The molecule has 0 radical (unpaired) electrons. The number of nitrogens with zero attached hydrogens (tertiary/aromatic N) is 4. The fourth-order valence-corrected chi connectivity index (χ4v) is 5.47. The Morgan fingerprint density at radius 1 is 1.31 bits per heavy atom. The number of rotatable bonds is 4. The molecule has 1 amide bonds. The van der Waals surface area contributed by atoms with Gasteiger partial charge in [0.15, 0.2) is 5.82 Å². The molecule has 4 rings (SSSR count). The van der Waals surface area contributed by atoms with E-state index in [9.17, 15) is 4.79 Å². The van der Waals surface area contributed by atoms with Crippen molar-refractivity contribution in [3.63, 3.8) is 0 Å². The van der Waals surface area contributed by atoms with Gasteiger partial charge in [0.2, 0.25) is 5.95 Å². The highest BCUT2D eigenvalue weighted by atomic mass is 32.2. The molecule has 1 N–H and O–H groups in total. The number of hydrogen-bond acceptors (Lipinski definition) is 5. The van der Waals surface area contributed by atoms with Gasteiger partial charge in [0, 0.05) is 36.0 Å². The van der Waals surface area contributed by atoms with E-state index < -0.39 is 0 Å². The van der Waals surface area contributed by atoms with E-state index in [-0.39, 0.29) is 11.8 Å². The summed E-state index contributed by atoms with van der Waals surface area (Å²) >= 11 is 3.64. The first-order chi connectivity index (χ1) is 12.5. The number of anilines is 1. The van der Waals surface area contributed by atoms with Crippen LogP contribution in [0.25, 0.3) is 5.00 Å². The molecular formula is C18H21N5OS2. The monoisotopic (exact) mass is 387 g/mol. The maximum Gasteiger partial charge on any atom is 0.261 e. The number of thioether (sulfide) groups is 1. The second-order valence-electron chi connectivity index (χ2n) is 6.60. The van der Waals surface area contributed by atoms with Crippen molar-refractivity contribution in [3.8, 4) is 5.00 Å². The summed E-state index contributed by atoms with van der Waals surface area (Å²) in [7, 11) is 1.81. The van der Waals surface area contributed by atoms with Crippen molar-refractivity contribution in [3.05, 3.63) is 46.4 Å². The van der Waals surface area contributed by atoms with Gasteiger partial charge in [0.1, 0.15) is 5.00 Å². The molecule has 3 aromatic heterocycles. The predicted molar refractivity (Wildman–Crippen MR) is 107 cm³/mol. The molecule has 0 unspecified atom stereocenters. The Hall–Kier alpha value is -2.06. The first-order valence-electron chi connectivity index (χ1n) is 8.62. The number of nitrogens with one attached hydrogen (secondary N) is 1. The van der Waals surface area contributed by atoms with Crippen molar-refractivity contribution < 1.29 is 4.79 Å². The van der Waals surface area contributed by atoms with Crippen LogP contribution < -0.4 is 5.32 Å². The summed E-state index contributed by atoms with van der Waals surface area (Å²) < 4.78 is 3.66. The van der Waals surface area contributed by atoms with E-state index in [0.29, 0.717) is 5.95 Å². The van der Waals surface area contributed by atoms with E-state index >= 15 is 0 Å². The number of thiophene rings is 1. The average molecular weight is 388 g/mol. The van der Waals surface area contributed by atoms with Crippen molar-refractivity contribution in [2.75, 3.05) is 11.1 Å². The van der Waals surface area contributed by atoms with E-state index in [2.05, 4.69) is 15.4 Å². The minimum Gasteiger partial charge on any atom is -0.315 e. The second kappa shape index (κ2) is 6.92. The van der Waals surface area contributed by atoms with Crippen LogP contribution in [-0.4, -0.2) is 31.0 Å². The van der Waals surface area contributed by atoms with Gasteiger partial charge in [-0.15, -0.1) is 11.3 Å². The van der Waals surface area contributed by atoms with Crippen LogP contribution in [0.5, 0.6) is 0 Å². The molecule has 0 fully saturated rings. The molecule has 0 aromatic carbocycles. The van der Waals surface area contributed by atoms with Crippen molar-refractivity contribution in [2.24, 2.45) is 7.05 Å². The zero-order valence-corrected chi connectivity index (χ0v) is 16.7. The molecule has 0 atom stereocenters. The summed E-state index contributed by atoms with van der Waals surface area (Å²) in [6.45, 7) is 4.08. The molecular weight excluding hydrogens is 366 g/mol. The molecule has 0 bridgehead atoms. The molecule has 136 valence electrons. The van der Waals surface area contributed by atoms with Crippen LogP contribution in [0.1, 0.15) is 46.4 Å². The lowest BCUT2D eigenvalue weighted by Gasteiger charge is -2.12. The van der Waals surface area contributed by atoms with Crippen molar-refractivity contribution in [1.82, 2.24) is 19.3 Å². The van der Waals surface area contributed by atoms with Gasteiger partial charge in [0.05, 0.1) is 5.56 Å². The van der Waals surface area contributed by atoms with Crippen LogP contribution in [0.3, 0.4) is 0 Å². The van der Waals surface area contributed by atoms with Crippen LogP contribution in [0.15, 0.2) is 24.5 Å². The lowest BCUT2D eigenvalue weighted by molar-refractivity contribution is 0.102. The molecule has 3 aromatic rings. The zero-order valence-electron chi connectivity index (χ0n) is 15.0. The Bertz CT molecular complexity index is 939. The van der Waals surface area contributed by atoms with Crippen LogP contribution in [0.4, 0.5) is 5.95 Å². The van der Waals surface area contributed by atoms with Crippen LogP contribution >= 0.6 is 23.1 Å². The average Bonchev–Trinajstić information content (AvgIpc) is 3.33. The largest absolute Gasteiger partial charge is 0.315 e. The van der Waals surface area contributed by atoms with Crippen molar-refractivity contribution in [2.45, 2.75) is 31.9 Å². The van der Waals surface area contributed by atoms with Gasteiger partial charge in [-0.25, -0.2) is 4.68 Å². The van der Waals surface area contributed by atoms with Crippen LogP contribution in [0, 0.1) is 0 Å². The third-order valence-corrected chi connectivity index (χ3v) is 6.80. The van der Waals surface area contributed by atoms with E-state index in [0.717, 1.165) is 34.3 Å². The number of carbonyl (C=O) groups is 1. The third-order valence-electron chi connectivity index (χ3n) is 4.39.